The van der Waals surface area contributed by atoms with Gasteiger partial charge in [0.15, 0.2) is 0 Å². The number of carbonyl (C=O) groups is 1. The summed E-state index contributed by atoms with van der Waals surface area (Å²) in [7, 11) is -2.77. The maximum Gasteiger partial charge on any atom is 0.246 e. The number of amides is 1. The molecular formula is C13H15Cl3N2O3S. The summed E-state index contributed by atoms with van der Waals surface area (Å²) in [6, 6.07) is 2.59. The van der Waals surface area contributed by atoms with Crippen molar-refractivity contribution in [1.29, 1.82) is 0 Å². The number of benzene rings is 1. The van der Waals surface area contributed by atoms with Crippen LogP contribution in [-0.2, 0) is 14.8 Å². The van der Waals surface area contributed by atoms with Crippen LogP contribution in [0.1, 0.15) is 25.7 Å². The van der Waals surface area contributed by atoms with Gasteiger partial charge < -0.3 is 5.73 Å². The summed E-state index contributed by atoms with van der Waals surface area (Å²) in [6.45, 7) is 0. The molecule has 1 aromatic rings. The molecule has 9 heteroatoms. The minimum Gasteiger partial charge on any atom is -0.368 e. The Morgan fingerprint density at radius 2 is 1.64 bits per heavy atom. The summed E-state index contributed by atoms with van der Waals surface area (Å²) < 4.78 is 26.8. The van der Waals surface area contributed by atoms with Crippen molar-refractivity contribution in [2.75, 3.05) is 7.05 Å². The second-order valence-corrected chi connectivity index (χ2v) is 8.43. The number of carbonyl (C=O) groups excluding carboxylic acids is 1. The van der Waals surface area contributed by atoms with E-state index < -0.39 is 21.5 Å². The van der Waals surface area contributed by atoms with E-state index in [1.54, 1.807) is 0 Å². The second-order valence-electron chi connectivity index (χ2n) is 5.27. The minimum absolute atomic E-state index is 0.0954. The van der Waals surface area contributed by atoms with Gasteiger partial charge in [-0.3, -0.25) is 4.79 Å². The Balaban J connectivity index is 2.58. The quantitative estimate of drug-likeness (QED) is 0.865. The van der Waals surface area contributed by atoms with E-state index in [2.05, 4.69) is 0 Å². The van der Waals surface area contributed by atoms with Crippen LogP contribution in [0.25, 0.3) is 0 Å². The first-order valence-electron chi connectivity index (χ1n) is 6.56. The van der Waals surface area contributed by atoms with E-state index in [1.165, 1.54) is 19.2 Å². The molecule has 0 bridgehead atoms. The molecule has 1 fully saturated rings. The molecule has 22 heavy (non-hydrogen) atoms. The third-order valence-corrected chi connectivity index (χ3v) is 7.14. The van der Waals surface area contributed by atoms with Crippen molar-refractivity contribution in [1.82, 2.24) is 4.31 Å². The molecule has 0 saturated heterocycles. The average molecular weight is 386 g/mol. The molecule has 2 N–H and O–H groups in total. The third kappa shape index (κ3) is 2.83. The molecule has 0 aliphatic heterocycles. The van der Waals surface area contributed by atoms with Crippen molar-refractivity contribution in [2.24, 2.45) is 5.73 Å². The summed E-state index contributed by atoms with van der Waals surface area (Å²) in [5.74, 6) is -0.669. The highest BCUT2D eigenvalue weighted by Crippen LogP contribution is 2.41. The molecule has 1 amide bonds. The predicted molar refractivity (Wildman–Crippen MR) is 86.8 cm³/mol. The lowest BCUT2D eigenvalue weighted by Crippen LogP contribution is -2.56. The monoisotopic (exact) mass is 384 g/mol. The second kappa shape index (κ2) is 6.17. The molecule has 2 rings (SSSR count). The van der Waals surface area contributed by atoms with Crippen LogP contribution < -0.4 is 5.73 Å². The first-order chi connectivity index (χ1) is 10.1. The summed E-state index contributed by atoms with van der Waals surface area (Å²) in [5, 5.41) is 0.0334. The van der Waals surface area contributed by atoms with Crippen molar-refractivity contribution in [3.63, 3.8) is 0 Å². The van der Waals surface area contributed by atoms with Gasteiger partial charge in [0.1, 0.15) is 10.4 Å². The number of halogens is 3. The molecular weight excluding hydrogens is 371 g/mol. The highest BCUT2D eigenvalue weighted by Gasteiger charge is 2.49. The number of hydrogen-bond donors (Lipinski definition) is 1. The van der Waals surface area contributed by atoms with Gasteiger partial charge in [0, 0.05) is 12.1 Å². The largest absolute Gasteiger partial charge is 0.368 e. The standard InChI is InChI=1S/C13H15Cl3N2O3S/c1-18(13(12(17)19)4-2-3-5-13)22(20,21)11-9(15)6-8(14)7-10(11)16/h6-7H,2-5H2,1H3,(H2,17,19). The Morgan fingerprint density at radius 1 is 1.18 bits per heavy atom. The molecule has 0 spiro atoms. The minimum atomic E-state index is -4.09. The highest BCUT2D eigenvalue weighted by atomic mass is 35.5. The van der Waals surface area contributed by atoms with E-state index in [9.17, 15) is 13.2 Å². The predicted octanol–water partition coefficient (Wildman–Crippen LogP) is 3.07. The molecule has 1 aliphatic carbocycles. The van der Waals surface area contributed by atoms with Crippen LogP contribution in [0.3, 0.4) is 0 Å². The highest BCUT2D eigenvalue weighted by molar-refractivity contribution is 7.89. The molecule has 0 radical (unpaired) electrons. The number of hydrogen-bond acceptors (Lipinski definition) is 3. The van der Waals surface area contributed by atoms with Crippen LogP contribution in [0.15, 0.2) is 17.0 Å². The summed E-state index contributed by atoms with van der Waals surface area (Å²) in [5.41, 5.74) is 4.23. The number of sulfonamides is 1. The van der Waals surface area contributed by atoms with E-state index in [-0.39, 0.29) is 20.0 Å². The van der Waals surface area contributed by atoms with E-state index in [1.807, 2.05) is 0 Å². The normalized spacial score (nSPS) is 17.9. The Labute approximate surface area is 144 Å². The van der Waals surface area contributed by atoms with Gasteiger partial charge in [0.2, 0.25) is 15.9 Å². The maximum absolute atomic E-state index is 12.9. The lowest BCUT2D eigenvalue weighted by atomic mass is 9.97. The van der Waals surface area contributed by atoms with Crippen molar-refractivity contribution >= 4 is 50.7 Å². The van der Waals surface area contributed by atoms with Gasteiger partial charge in [-0.2, -0.15) is 4.31 Å². The molecule has 1 aromatic carbocycles. The third-order valence-electron chi connectivity index (χ3n) is 4.07. The fourth-order valence-corrected chi connectivity index (χ4v) is 5.84. The van der Waals surface area contributed by atoms with Gasteiger partial charge >= 0.3 is 0 Å². The molecule has 0 unspecified atom stereocenters. The van der Waals surface area contributed by atoms with Gasteiger partial charge in [0.05, 0.1) is 10.0 Å². The summed E-state index contributed by atoms with van der Waals surface area (Å²) in [6.07, 6.45) is 2.21. The topological polar surface area (TPSA) is 80.5 Å². The first-order valence-corrected chi connectivity index (χ1v) is 9.14. The summed E-state index contributed by atoms with van der Waals surface area (Å²) >= 11 is 17.8. The van der Waals surface area contributed by atoms with Gasteiger partial charge in [-0.15, -0.1) is 0 Å². The zero-order valence-electron chi connectivity index (χ0n) is 11.8. The van der Waals surface area contributed by atoms with Crippen molar-refractivity contribution in [2.45, 2.75) is 36.1 Å². The smallest absolute Gasteiger partial charge is 0.246 e. The Hall–Kier alpha value is -0.530. The molecule has 5 nitrogen and oxygen atoms in total. The zero-order valence-corrected chi connectivity index (χ0v) is 14.9. The Kier molecular flexibility index (Phi) is 5.00. The molecule has 0 heterocycles. The molecule has 1 saturated carbocycles. The van der Waals surface area contributed by atoms with Crippen molar-refractivity contribution in [3.8, 4) is 0 Å². The van der Waals surface area contributed by atoms with Gasteiger partial charge in [-0.1, -0.05) is 47.6 Å². The van der Waals surface area contributed by atoms with E-state index in [0.717, 1.165) is 17.1 Å². The van der Waals surface area contributed by atoms with Crippen LogP contribution >= 0.6 is 34.8 Å². The van der Waals surface area contributed by atoms with E-state index in [4.69, 9.17) is 40.5 Å². The number of nitrogens with two attached hydrogens (primary N) is 1. The van der Waals surface area contributed by atoms with E-state index in [0.29, 0.717) is 12.8 Å². The fourth-order valence-electron chi connectivity index (χ4n) is 2.82. The first kappa shape index (κ1) is 17.8. The number of nitrogens with zero attached hydrogens (tertiary/aromatic N) is 1. The molecule has 122 valence electrons. The van der Waals surface area contributed by atoms with Gasteiger partial charge in [-0.25, -0.2) is 8.42 Å². The van der Waals surface area contributed by atoms with Gasteiger partial charge in [-0.05, 0) is 25.0 Å². The lowest BCUT2D eigenvalue weighted by Gasteiger charge is -2.35. The number of likely N-dealkylation sites (N-methyl/N-ethyl adjacent to an activating group) is 1. The molecule has 1 aliphatic rings. The SMILES string of the molecule is CN(C1(C(N)=O)CCCC1)S(=O)(=O)c1c(Cl)cc(Cl)cc1Cl. The van der Waals surface area contributed by atoms with Crippen molar-refractivity contribution in [3.05, 3.63) is 27.2 Å². The number of rotatable bonds is 4. The Bertz CT molecular complexity index is 692. The van der Waals surface area contributed by atoms with Crippen LogP contribution in [0.2, 0.25) is 15.1 Å². The fraction of sp³-hybridized carbons (Fsp3) is 0.462. The van der Waals surface area contributed by atoms with Gasteiger partial charge in [0.25, 0.3) is 0 Å². The Morgan fingerprint density at radius 3 is 2.05 bits per heavy atom. The van der Waals surface area contributed by atoms with Crippen LogP contribution in [-0.4, -0.2) is 31.2 Å². The average Bonchev–Trinajstić information content (AvgIpc) is 2.86. The maximum atomic E-state index is 12.9. The number of primary amides is 1. The van der Waals surface area contributed by atoms with E-state index >= 15 is 0 Å². The lowest BCUT2D eigenvalue weighted by molar-refractivity contribution is -0.126. The van der Waals surface area contributed by atoms with Crippen molar-refractivity contribution < 1.29 is 13.2 Å². The molecule has 0 aromatic heterocycles. The zero-order chi connectivity index (χ0) is 16.7. The van der Waals surface area contributed by atoms with Crippen LogP contribution in [0, 0.1) is 0 Å². The van der Waals surface area contributed by atoms with Crippen LogP contribution in [0.5, 0.6) is 0 Å². The van der Waals surface area contributed by atoms with Crippen LogP contribution in [0.4, 0.5) is 0 Å². The molecule has 0 atom stereocenters. The summed E-state index contributed by atoms with van der Waals surface area (Å²) in [4.78, 5) is 11.6.